The van der Waals surface area contributed by atoms with Crippen molar-refractivity contribution in [3.8, 4) is 34.0 Å². The lowest BCUT2D eigenvalue weighted by Crippen LogP contribution is -2.18. The summed E-state index contributed by atoms with van der Waals surface area (Å²) in [5.74, 6) is 1.12. The summed E-state index contributed by atoms with van der Waals surface area (Å²) >= 11 is 0. The van der Waals surface area contributed by atoms with E-state index in [1.54, 1.807) is 12.1 Å². The van der Waals surface area contributed by atoms with E-state index in [9.17, 15) is 23.7 Å². The minimum Gasteiger partial charge on any atom is -0.481 e. The molecule has 1 heterocycles. The molecule has 2 atom stereocenters. The number of halogens is 1. The SMILES string of the molecule is CC(C)(C)c1nc(-c2ccccc2)cc(-c2ccc(F)cc2)c1C#CP(=O)(O)C[C@H](O)CC(=O)O. The number of hydrogen-bond donors (Lipinski definition) is 3. The molecular weight excluding hydrogens is 468 g/mol. The van der Waals surface area contributed by atoms with Crippen LogP contribution >= 0.6 is 7.37 Å². The molecule has 1 unspecified atom stereocenters. The van der Waals surface area contributed by atoms with Crippen molar-refractivity contribution >= 4 is 13.3 Å². The van der Waals surface area contributed by atoms with Crippen LogP contribution in [0.4, 0.5) is 4.39 Å². The Morgan fingerprint density at radius 2 is 1.71 bits per heavy atom. The normalized spacial score (nSPS) is 13.9. The van der Waals surface area contributed by atoms with E-state index in [4.69, 9.17) is 10.1 Å². The van der Waals surface area contributed by atoms with Gasteiger partial charge in [0.05, 0.1) is 35.6 Å². The van der Waals surface area contributed by atoms with Crippen molar-refractivity contribution in [3.63, 3.8) is 0 Å². The maximum absolute atomic E-state index is 13.7. The third-order valence-electron chi connectivity index (χ3n) is 5.18. The van der Waals surface area contributed by atoms with Crippen LogP contribution in [0.25, 0.3) is 22.4 Å². The molecule has 35 heavy (non-hydrogen) atoms. The van der Waals surface area contributed by atoms with Crippen LogP contribution in [-0.4, -0.2) is 38.3 Å². The largest absolute Gasteiger partial charge is 0.481 e. The molecule has 182 valence electrons. The van der Waals surface area contributed by atoms with Crippen LogP contribution in [0.1, 0.15) is 38.4 Å². The molecule has 3 rings (SSSR count). The van der Waals surface area contributed by atoms with Crippen molar-refractivity contribution in [3.05, 3.63) is 77.7 Å². The Morgan fingerprint density at radius 3 is 2.29 bits per heavy atom. The molecule has 0 bridgehead atoms. The van der Waals surface area contributed by atoms with E-state index < -0.39 is 43.3 Å². The minimum absolute atomic E-state index is 0.401. The number of aliphatic hydroxyl groups is 1. The van der Waals surface area contributed by atoms with Gasteiger partial charge in [-0.15, -0.1) is 0 Å². The lowest BCUT2D eigenvalue weighted by molar-refractivity contribution is -0.138. The van der Waals surface area contributed by atoms with Gasteiger partial charge in [0.25, 0.3) is 7.37 Å². The number of nitrogens with zero attached hydrogens (tertiary/aromatic N) is 1. The molecule has 0 amide bonds. The van der Waals surface area contributed by atoms with Gasteiger partial charge in [-0.3, -0.25) is 14.3 Å². The van der Waals surface area contributed by atoms with Gasteiger partial charge >= 0.3 is 5.97 Å². The molecule has 0 aliphatic rings. The Balaban J connectivity index is 2.23. The summed E-state index contributed by atoms with van der Waals surface area (Å²) in [6.07, 6.45) is -2.83. The number of carboxylic acid groups (broad SMARTS) is 1. The van der Waals surface area contributed by atoms with Crippen molar-refractivity contribution < 1.29 is 28.9 Å². The molecule has 3 aromatic rings. The highest BCUT2D eigenvalue weighted by Crippen LogP contribution is 2.41. The Kier molecular flexibility index (Phi) is 7.92. The predicted molar refractivity (Wildman–Crippen MR) is 134 cm³/mol. The van der Waals surface area contributed by atoms with Crippen molar-refractivity contribution in [2.24, 2.45) is 0 Å². The number of carboxylic acids is 1. The maximum Gasteiger partial charge on any atom is 0.305 e. The zero-order chi connectivity index (χ0) is 25.8. The smallest absolute Gasteiger partial charge is 0.305 e. The Bertz CT molecular complexity index is 1320. The van der Waals surface area contributed by atoms with Crippen LogP contribution in [0.3, 0.4) is 0 Å². The molecule has 0 saturated carbocycles. The molecule has 3 N–H and O–H groups in total. The number of rotatable bonds is 6. The second-order valence-corrected chi connectivity index (χ2v) is 11.3. The van der Waals surface area contributed by atoms with E-state index in [-0.39, 0.29) is 0 Å². The third kappa shape index (κ3) is 7.10. The molecule has 0 aliphatic heterocycles. The highest BCUT2D eigenvalue weighted by atomic mass is 31.2. The average Bonchev–Trinajstić information content (AvgIpc) is 2.77. The van der Waals surface area contributed by atoms with Gasteiger partial charge in [0.15, 0.2) is 0 Å². The molecule has 2 aromatic carbocycles. The molecule has 0 radical (unpaired) electrons. The topological polar surface area (TPSA) is 108 Å². The number of aromatic nitrogens is 1. The van der Waals surface area contributed by atoms with Gasteiger partial charge in [-0.25, -0.2) is 4.39 Å². The molecule has 1 aromatic heterocycles. The van der Waals surface area contributed by atoms with Crippen LogP contribution in [0.5, 0.6) is 0 Å². The number of aliphatic carboxylic acids is 1. The zero-order valence-electron chi connectivity index (χ0n) is 19.7. The van der Waals surface area contributed by atoms with Crippen LogP contribution in [-0.2, 0) is 14.8 Å². The van der Waals surface area contributed by atoms with Gasteiger partial charge in [0.1, 0.15) is 5.82 Å². The van der Waals surface area contributed by atoms with Gasteiger partial charge in [0, 0.05) is 16.5 Å². The summed E-state index contributed by atoms with van der Waals surface area (Å²) in [7, 11) is -4.19. The first-order valence-corrected chi connectivity index (χ1v) is 12.8. The summed E-state index contributed by atoms with van der Waals surface area (Å²) in [6, 6.07) is 17.2. The van der Waals surface area contributed by atoms with E-state index in [1.165, 1.54) is 12.1 Å². The highest BCUT2D eigenvalue weighted by Gasteiger charge is 2.26. The molecule has 0 saturated heterocycles. The van der Waals surface area contributed by atoms with Crippen molar-refractivity contribution in [2.75, 3.05) is 6.16 Å². The van der Waals surface area contributed by atoms with Gasteiger partial charge in [-0.1, -0.05) is 69.2 Å². The molecule has 0 aliphatic carbocycles. The lowest BCUT2D eigenvalue weighted by Gasteiger charge is -2.23. The first-order valence-electron chi connectivity index (χ1n) is 11.0. The standard InChI is InChI=1S/C27H27FNO5P/c1-27(2,3)26-22(13-14-35(33,34)17-21(30)15-25(31)32)23(18-9-11-20(28)12-10-18)16-24(29-26)19-7-5-4-6-8-19/h4-12,16,21,30H,15,17H2,1-3H3,(H,31,32)(H,33,34)/t21-/m1/s1. The number of carbonyl (C=O) groups is 1. The van der Waals surface area contributed by atoms with E-state index >= 15 is 0 Å². The van der Waals surface area contributed by atoms with Crippen LogP contribution in [0.2, 0.25) is 0 Å². The van der Waals surface area contributed by atoms with E-state index in [2.05, 4.69) is 11.6 Å². The van der Waals surface area contributed by atoms with Gasteiger partial charge < -0.3 is 15.1 Å². The van der Waals surface area contributed by atoms with Crippen molar-refractivity contribution in [1.82, 2.24) is 4.98 Å². The summed E-state index contributed by atoms with van der Waals surface area (Å²) < 4.78 is 26.3. The summed E-state index contributed by atoms with van der Waals surface area (Å²) in [5.41, 5.74) is 5.65. The second-order valence-electron chi connectivity index (χ2n) is 9.27. The van der Waals surface area contributed by atoms with E-state index in [1.807, 2.05) is 57.2 Å². The van der Waals surface area contributed by atoms with Crippen LogP contribution in [0, 0.1) is 17.4 Å². The molecule has 0 spiro atoms. The number of hydrogen-bond acceptors (Lipinski definition) is 4. The summed E-state index contributed by atoms with van der Waals surface area (Å²) in [5, 5.41) is 18.6. The fraction of sp³-hybridized carbons (Fsp3) is 0.259. The van der Waals surface area contributed by atoms with Crippen LogP contribution in [0.15, 0.2) is 60.7 Å². The quantitative estimate of drug-likeness (QED) is 0.318. The Labute approximate surface area is 203 Å². The average molecular weight is 495 g/mol. The van der Waals surface area contributed by atoms with Gasteiger partial charge in [0.2, 0.25) is 0 Å². The first-order chi connectivity index (χ1) is 16.4. The molecule has 6 nitrogen and oxygen atoms in total. The lowest BCUT2D eigenvalue weighted by atomic mass is 9.84. The van der Waals surface area contributed by atoms with Crippen molar-refractivity contribution in [2.45, 2.75) is 38.7 Å². The Hall–Kier alpha value is -3.30. The number of benzene rings is 2. The zero-order valence-corrected chi connectivity index (χ0v) is 20.6. The Morgan fingerprint density at radius 1 is 1.09 bits per heavy atom. The van der Waals surface area contributed by atoms with Gasteiger partial charge in [-0.05, 0) is 29.4 Å². The number of aliphatic hydroxyl groups excluding tert-OH is 1. The summed E-state index contributed by atoms with van der Waals surface area (Å²) in [4.78, 5) is 26.0. The van der Waals surface area contributed by atoms with Crippen molar-refractivity contribution in [1.29, 1.82) is 0 Å². The molecular formula is C27H27FNO5P. The van der Waals surface area contributed by atoms with E-state index in [0.29, 0.717) is 28.1 Å². The van der Waals surface area contributed by atoms with Crippen LogP contribution < -0.4 is 0 Å². The third-order valence-corrected chi connectivity index (χ3v) is 6.56. The first kappa shape index (κ1) is 26.3. The second kappa shape index (κ2) is 10.5. The molecule has 8 heteroatoms. The minimum atomic E-state index is -4.19. The van der Waals surface area contributed by atoms with E-state index in [0.717, 1.165) is 5.56 Å². The fourth-order valence-corrected chi connectivity index (χ4v) is 4.65. The highest BCUT2D eigenvalue weighted by molar-refractivity contribution is 7.63. The monoisotopic (exact) mass is 495 g/mol. The summed E-state index contributed by atoms with van der Waals surface area (Å²) in [6.45, 7) is 5.83. The van der Waals surface area contributed by atoms with Gasteiger partial charge in [-0.2, -0.15) is 0 Å². The fourth-order valence-electron chi connectivity index (χ4n) is 3.57. The number of pyridine rings is 1. The molecule has 0 fully saturated rings. The maximum atomic E-state index is 13.7. The predicted octanol–water partition coefficient (Wildman–Crippen LogP) is 5.27.